The van der Waals surface area contributed by atoms with E-state index in [2.05, 4.69) is 0 Å². The van der Waals surface area contributed by atoms with E-state index in [9.17, 15) is 4.79 Å². The summed E-state index contributed by atoms with van der Waals surface area (Å²) in [7, 11) is 0. The Kier molecular flexibility index (Phi) is 10.6. The maximum Gasteiger partial charge on any atom is 0.165 e. The minimum Gasteiger partial charge on any atom is -0.805 e. The standard InChI is InChI=1S/C9H8NO.C2H6.Y/c1-7(10)9(11)8-5-3-2-4-6-8;1-2;/h2-6H,1H3;1-2H3;/q-1;;. The van der Waals surface area contributed by atoms with Gasteiger partial charge >= 0.3 is 0 Å². The second-order valence-corrected chi connectivity index (χ2v) is 2.28. The molecule has 0 saturated heterocycles. The van der Waals surface area contributed by atoms with Crippen LogP contribution >= 0.6 is 0 Å². The molecular formula is C11H14NOY-. The smallest absolute Gasteiger partial charge is 0.165 e. The van der Waals surface area contributed by atoms with Crippen molar-refractivity contribution in [3.05, 3.63) is 41.3 Å². The Hall–Kier alpha value is -0.336. The van der Waals surface area contributed by atoms with E-state index in [0.29, 0.717) is 5.56 Å². The van der Waals surface area contributed by atoms with Crippen molar-refractivity contribution >= 4 is 11.5 Å². The van der Waals surface area contributed by atoms with Gasteiger partial charge in [0, 0.05) is 38.3 Å². The molecule has 1 radical (unpaired) electrons. The average molecular weight is 265 g/mol. The van der Waals surface area contributed by atoms with Crippen LogP contribution in [0.5, 0.6) is 0 Å². The van der Waals surface area contributed by atoms with Gasteiger partial charge in [-0.05, 0) is 0 Å². The fraction of sp³-hybridized carbons (Fsp3) is 0.273. The summed E-state index contributed by atoms with van der Waals surface area (Å²) in [5.74, 6) is -0.314. The van der Waals surface area contributed by atoms with Crippen LogP contribution in [0.15, 0.2) is 30.3 Å². The summed E-state index contributed by atoms with van der Waals surface area (Å²) < 4.78 is 0. The fourth-order valence-corrected chi connectivity index (χ4v) is 0.798. The molecule has 0 aliphatic heterocycles. The van der Waals surface area contributed by atoms with Gasteiger partial charge in [-0.3, -0.25) is 4.79 Å². The first-order chi connectivity index (χ1) is 6.22. The minimum atomic E-state index is -0.314. The van der Waals surface area contributed by atoms with Crippen molar-refractivity contribution in [3.63, 3.8) is 0 Å². The van der Waals surface area contributed by atoms with Crippen LogP contribution in [0.4, 0.5) is 0 Å². The second-order valence-electron chi connectivity index (χ2n) is 2.28. The molecular weight excluding hydrogens is 251 g/mol. The Labute approximate surface area is 110 Å². The second kappa shape index (κ2) is 9.23. The summed E-state index contributed by atoms with van der Waals surface area (Å²) in [5, 5.41) is 8.84. The van der Waals surface area contributed by atoms with Gasteiger partial charge < -0.3 is 5.41 Å². The van der Waals surface area contributed by atoms with Gasteiger partial charge in [0.25, 0.3) is 0 Å². The van der Waals surface area contributed by atoms with Crippen LogP contribution in [0, 0.1) is 0 Å². The molecule has 0 aliphatic rings. The molecule has 1 rings (SSSR count). The van der Waals surface area contributed by atoms with E-state index in [1.165, 1.54) is 6.92 Å². The first-order valence-electron chi connectivity index (χ1n) is 4.34. The average Bonchev–Trinajstić information content (AvgIpc) is 2.21. The van der Waals surface area contributed by atoms with Crippen molar-refractivity contribution in [2.75, 3.05) is 0 Å². The normalized spacial score (nSPS) is 7.64. The predicted molar refractivity (Wildman–Crippen MR) is 56.2 cm³/mol. The van der Waals surface area contributed by atoms with Crippen LogP contribution in [0.1, 0.15) is 31.1 Å². The number of carbonyl (C=O) groups excluding carboxylic acids is 1. The third-order valence-corrected chi connectivity index (χ3v) is 1.36. The predicted octanol–water partition coefficient (Wildman–Crippen LogP) is 2.92. The molecule has 0 spiro atoms. The maximum atomic E-state index is 11.1. The number of carbonyl (C=O) groups is 1. The van der Waals surface area contributed by atoms with E-state index >= 15 is 0 Å². The van der Waals surface area contributed by atoms with Gasteiger partial charge in [-0.1, -0.05) is 51.1 Å². The third kappa shape index (κ3) is 5.41. The van der Waals surface area contributed by atoms with Gasteiger partial charge in [0.2, 0.25) is 0 Å². The van der Waals surface area contributed by atoms with Gasteiger partial charge in [-0.15, -0.1) is 5.71 Å². The Morgan fingerprint density at radius 1 is 1.14 bits per heavy atom. The number of Topliss-reactive ketones (excluding diaryl/α,β-unsaturated/α-hetero) is 1. The summed E-state index contributed by atoms with van der Waals surface area (Å²) in [4.78, 5) is 11.1. The number of hydrogen-bond donors (Lipinski definition) is 0. The molecule has 3 heteroatoms. The van der Waals surface area contributed by atoms with Crippen molar-refractivity contribution in [1.82, 2.24) is 0 Å². The van der Waals surface area contributed by atoms with Gasteiger partial charge in [0.1, 0.15) is 0 Å². The maximum absolute atomic E-state index is 11.1. The third-order valence-electron chi connectivity index (χ3n) is 1.36. The molecule has 1 aromatic carbocycles. The van der Waals surface area contributed by atoms with E-state index in [-0.39, 0.29) is 44.2 Å². The molecule has 14 heavy (non-hydrogen) atoms. The molecule has 0 heterocycles. The first-order valence-corrected chi connectivity index (χ1v) is 4.34. The summed E-state index contributed by atoms with van der Waals surface area (Å²) >= 11 is 0. The van der Waals surface area contributed by atoms with Crippen molar-refractivity contribution in [2.24, 2.45) is 0 Å². The number of rotatable bonds is 2. The SMILES string of the molecule is CC.CC(=[N-])C(=O)c1ccccc1.[Y]. The molecule has 0 aromatic heterocycles. The zero-order valence-corrected chi connectivity index (χ0v) is 11.7. The molecule has 2 nitrogen and oxygen atoms in total. The quantitative estimate of drug-likeness (QED) is 0.598. The number of ketones is 1. The van der Waals surface area contributed by atoms with Crippen LogP contribution in [0.25, 0.3) is 5.41 Å². The van der Waals surface area contributed by atoms with E-state index in [1.54, 1.807) is 24.3 Å². The Balaban J connectivity index is 0. The largest absolute Gasteiger partial charge is 0.805 e. The van der Waals surface area contributed by atoms with Crippen molar-refractivity contribution in [3.8, 4) is 0 Å². The van der Waals surface area contributed by atoms with E-state index in [1.807, 2.05) is 19.9 Å². The van der Waals surface area contributed by atoms with Crippen molar-refractivity contribution in [1.29, 1.82) is 0 Å². The number of nitrogens with zero attached hydrogens (tertiary/aromatic N) is 1. The molecule has 0 bridgehead atoms. The van der Waals surface area contributed by atoms with E-state index in [4.69, 9.17) is 5.41 Å². The zero-order valence-electron chi connectivity index (χ0n) is 8.82. The summed E-state index contributed by atoms with van der Waals surface area (Å²) in [6.07, 6.45) is 0. The minimum absolute atomic E-state index is 0. The summed E-state index contributed by atoms with van der Waals surface area (Å²) in [5.41, 5.74) is 0.351. The first kappa shape index (κ1) is 16.1. The van der Waals surface area contributed by atoms with Crippen LogP contribution in [0.3, 0.4) is 0 Å². The molecule has 0 aliphatic carbocycles. The van der Waals surface area contributed by atoms with Crippen LogP contribution in [0.2, 0.25) is 0 Å². The van der Waals surface area contributed by atoms with Gasteiger partial charge in [-0.25, -0.2) is 0 Å². The Morgan fingerprint density at radius 3 is 1.93 bits per heavy atom. The molecule has 1 aromatic rings. The zero-order chi connectivity index (χ0) is 10.3. The molecule has 0 saturated carbocycles. The molecule has 0 fully saturated rings. The van der Waals surface area contributed by atoms with Crippen LogP contribution in [-0.2, 0) is 32.7 Å². The van der Waals surface area contributed by atoms with Gasteiger partial charge in [0.05, 0.1) is 0 Å². The van der Waals surface area contributed by atoms with E-state index < -0.39 is 0 Å². The Bertz CT molecular complexity index is 283. The molecule has 0 amide bonds. The van der Waals surface area contributed by atoms with Crippen LogP contribution < -0.4 is 0 Å². The summed E-state index contributed by atoms with van der Waals surface area (Å²) in [6, 6.07) is 8.68. The monoisotopic (exact) mass is 265 g/mol. The molecule has 0 unspecified atom stereocenters. The molecule has 0 N–H and O–H groups in total. The Morgan fingerprint density at radius 2 is 1.57 bits per heavy atom. The molecule has 0 atom stereocenters. The van der Waals surface area contributed by atoms with Gasteiger partial charge in [0.15, 0.2) is 5.78 Å². The van der Waals surface area contributed by atoms with Gasteiger partial charge in [-0.2, -0.15) is 0 Å². The topological polar surface area (TPSA) is 39.4 Å². The molecule has 73 valence electrons. The summed E-state index contributed by atoms with van der Waals surface area (Å²) in [6.45, 7) is 5.38. The van der Waals surface area contributed by atoms with Crippen LogP contribution in [-0.4, -0.2) is 11.5 Å². The number of benzene rings is 1. The van der Waals surface area contributed by atoms with Crippen molar-refractivity contribution in [2.45, 2.75) is 20.8 Å². The number of hydrogen-bond acceptors (Lipinski definition) is 1. The van der Waals surface area contributed by atoms with Crippen molar-refractivity contribution < 1.29 is 37.5 Å². The fourth-order valence-electron chi connectivity index (χ4n) is 0.798. The van der Waals surface area contributed by atoms with E-state index in [0.717, 1.165) is 0 Å².